The molecule has 0 atom stereocenters. The molecule has 2 rings (SSSR count). The van der Waals surface area contributed by atoms with Gasteiger partial charge in [-0.1, -0.05) is 50.3 Å². The highest BCUT2D eigenvalue weighted by atomic mass is 16.2. The van der Waals surface area contributed by atoms with Gasteiger partial charge in [0, 0.05) is 24.6 Å². The van der Waals surface area contributed by atoms with Gasteiger partial charge in [0.25, 0.3) is 5.91 Å². The third-order valence-corrected chi connectivity index (χ3v) is 4.37. The Morgan fingerprint density at radius 2 is 1.61 bits per heavy atom. The van der Waals surface area contributed by atoms with Crippen molar-refractivity contribution in [1.82, 2.24) is 10.6 Å². The fourth-order valence-electron chi connectivity index (χ4n) is 3.04. The lowest BCUT2D eigenvalue weighted by atomic mass is 9.96. The summed E-state index contributed by atoms with van der Waals surface area (Å²) in [6.45, 7) is 0.534. The molecule has 1 aromatic rings. The molecule has 0 unspecified atom stereocenters. The molecule has 0 bridgehead atoms. The van der Waals surface area contributed by atoms with Gasteiger partial charge in [0.15, 0.2) is 0 Å². The molecule has 0 aliphatic heterocycles. The van der Waals surface area contributed by atoms with Crippen LogP contribution in [0.3, 0.4) is 0 Å². The van der Waals surface area contributed by atoms with Crippen molar-refractivity contribution in [3.8, 4) is 0 Å². The van der Waals surface area contributed by atoms with Crippen molar-refractivity contribution < 1.29 is 9.59 Å². The summed E-state index contributed by atoms with van der Waals surface area (Å²) in [4.78, 5) is 23.9. The second-order valence-electron chi connectivity index (χ2n) is 6.34. The molecular weight excluding hydrogens is 288 g/mol. The average molecular weight is 316 g/mol. The molecule has 1 aliphatic carbocycles. The van der Waals surface area contributed by atoms with Crippen molar-refractivity contribution in [2.75, 3.05) is 6.54 Å². The summed E-state index contributed by atoms with van der Waals surface area (Å²) in [7, 11) is 0. The van der Waals surface area contributed by atoms with Crippen molar-refractivity contribution >= 4 is 11.8 Å². The monoisotopic (exact) mass is 316 g/mol. The van der Waals surface area contributed by atoms with Crippen LogP contribution in [-0.2, 0) is 4.79 Å². The van der Waals surface area contributed by atoms with Gasteiger partial charge in [-0.2, -0.15) is 0 Å². The molecule has 1 aromatic carbocycles. The summed E-state index contributed by atoms with van der Waals surface area (Å²) in [5, 5.41) is 6.01. The summed E-state index contributed by atoms with van der Waals surface area (Å²) in [5.41, 5.74) is 0.659. The quantitative estimate of drug-likeness (QED) is 0.790. The van der Waals surface area contributed by atoms with Crippen LogP contribution in [0.5, 0.6) is 0 Å². The molecule has 0 radical (unpaired) electrons. The fourth-order valence-corrected chi connectivity index (χ4v) is 3.04. The highest BCUT2D eigenvalue weighted by Gasteiger charge is 2.13. The maximum absolute atomic E-state index is 12.0. The molecule has 23 heavy (non-hydrogen) atoms. The van der Waals surface area contributed by atoms with E-state index in [9.17, 15) is 9.59 Å². The van der Waals surface area contributed by atoms with E-state index in [4.69, 9.17) is 0 Å². The van der Waals surface area contributed by atoms with Gasteiger partial charge in [-0.15, -0.1) is 0 Å². The van der Waals surface area contributed by atoms with Crippen LogP contribution in [0.2, 0.25) is 0 Å². The predicted molar refractivity (Wildman–Crippen MR) is 92.3 cm³/mol. The molecule has 2 N–H and O–H groups in total. The van der Waals surface area contributed by atoms with Crippen LogP contribution in [0.25, 0.3) is 0 Å². The first-order valence-corrected chi connectivity index (χ1v) is 8.88. The highest BCUT2D eigenvalue weighted by molar-refractivity contribution is 5.94. The Morgan fingerprint density at radius 3 is 2.30 bits per heavy atom. The zero-order chi connectivity index (χ0) is 16.3. The number of nitrogens with one attached hydrogen (secondary N) is 2. The third-order valence-electron chi connectivity index (χ3n) is 4.37. The molecule has 0 saturated heterocycles. The minimum Gasteiger partial charge on any atom is -0.353 e. The first-order valence-electron chi connectivity index (χ1n) is 8.88. The molecule has 4 nitrogen and oxygen atoms in total. The van der Waals surface area contributed by atoms with Crippen molar-refractivity contribution in [3.05, 3.63) is 35.9 Å². The van der Waals surface area contributed by atoms with Gasteiger partial charge in [-0.25, -0.2) is 0 Å². The standard InChI is InChI=1S/C19H28N2O2/c22-18(21-17-12-7-2-1-3-8-13-17)14-9-15-20-19(23)16-10-5-4-6-11-16/h4-6,10-11,17H,1-3,7-9,12-15H2,(H,20,23)(H,21,22). The predicted octanol–water partition coefficient (Wildman–Crippen LogP) is 3.43. The van der Waals surface area contributed by atoms with Crippen molar-refractivity contribution in [3.63, 3.8) is 0 Å². The lowest BCUT2D eigenvalue weighted by molar-refractivity contribution is -0.122. The van der Waals surface area contributed by atoms with Crippen LogP contribution in [0.4, 0.5) is 0 Å². The van der Waals surface area contributed by atoms with Gasteiger partial charge in [-0.05, 0) is 31.4 Å². The number of hydrogen-bond acceptors (Lipinski definition) is 2. The van der Waals surface area contributed by atoms with E-state index < -0.39 is 0 Å². The normalized spacial score (nSPS) is 16.2. The second-order valence-corrected chi connectivity index (χ2v) is 6.34. The molecule has 2 amide bonds. The Labute approximate surface area is 139 Å². The van der Waals surface area contributed by atoms with E-state index in [-0.39, 0.29) is 11.8 Å². The van der Waals surface area contributed by atoms with E-state index in [0.29, 0.717) is 31.0 Å². The summed E-state index contributed by atoms with van der Waals surface area (Å²) in [6.07, 6.45) is 9.73. The van der Waals surface area contributed by atoms with Gasteiger partial charge < -0.3 is 10.6 Å². The fraction of sp³-hybridized carbons (Fsp3) is 0.579. The average Bonchev–Trinajstić information content (AvgIpc) is 2.54. The molecular formula is C19H28N2O2. The largest absolute Gasteiger partial charge is 0.353 e. The van der Waals surface area contributed by atoms with E-state index in [1.165, 1.54) is 32.1 Å². The molecule has 0 heterocycles. The van der Waals surface area contributed by atoms with Gasteiger partial charge in [0.1, 0.15) is 0 Å². The molecule has 0 spiro atoms. The smallest absolute Gasteiger partial charge is 0.251 e. The van der Waals surface area contributed by atoms with Crippen LogP contribution in [-0.4, -0.2) is 24.4 Å². The Bertz CT molecular complexity index is 479. The lowest BCUT2D eigenvalue weighted by Crippen LogP contribution is -2.35. The third kappa shape index (κ3) is 6.85. The SMILES string of the molecule is O=C(CCCNC(=O)c1ccccc1)NC1CCCCCCC1. The lowest BCUT2D eigenvalue weighted by Gasteiger charge is -2.21. The van der Waals surface area contributed by atoms with Crippen molar-refractivity contribution in [2.24, 2.45) is 0 Å². The van der Waals surface area contributed by atoms with Gasteiger partial charge >= 0.3 is 0 Å². The summed E-state index contributed by atoms with van der Waals surface area (Å²) in [6, 6.07) is 9.50. The van der Waals surface area contributed by atoms with Crippen LogP contribution in [0.15, 0.2) is 30.3 Å². The van der Waals surface area contributed by atoms with E-state index in [1.807, 2.05) is 18.2 Å². The molecule has 126 valence electrons. The number of amides is 2. The van der Waals surface area contributed by atoms with E-state index >= 15 is 0 Å². The zero-order valence-electron chi connectivity index (χ0n) is 13.9. The summed E-state index contributed by atoms with van der Waals surface area (Å²) in [5.74, 6) is 0.0376. The van der Waals surface area contributed by atoms with E-state index in [1.54, 1.807) is 12.1 Å². The number of hydrogen-bond donors (Lipinski definition) is 2. The van der Waals surface area contributed by atoms with E-state index in [0.717, 1.165) is 12.8 Å². The molecule has 0 aromatic heterocycles. The first-order chi connectivity index (χ1) is 11.3. The molecule has 1 fully saturated rings. The first kappa shape index (κ1) is 17.5. The van der Waals surface area contributed by atoms with Crippen LogP contribution >= 0.6 is 0 Å². The number of carbonyl (C=O) groups excluding carboxylic acids is 2. The zero-order valence-corrected chi connectivity index (χ0v) is 13.9. The Morgan fingerprint density at radius 1 is 0.957 bits per heavy atom. The van der Waals surface area contributed by atoms with Gasteiger partial charge in [-0.3, -0.25) is 9.59 Å². The second kappa shape index (κ2) is 10.0. The number of rotatable bonds is 6. The van der Waals surface area contributed by atoms with Crippen LogP contribution in [0.1, 0.15) is 68.1 Å². The van der Waals surface area contributed by atoms with Crippen LogP contribution in [0, 0.1) is 0 Å². The molecule has 1 aliphatic rings. The van der Waals surface area contributed by atoms with Gasteiger partial charge in [0.2, 0.25) is 5.91 Å². The minimum atomic E-state index is -0.0778. The molecule has 4 heteroatoms. The van der Waals surface area contributed by atoms with Crippen molar-refractivity contribution in [2.45, 2.75) is 63.8 Å². The maximum Gasteiger partial charge on any atom is 0.251 e. The minimum absolute atomic E-state index is 0.0778. The van der Waals surface area contributed by atoms with Crippen molar-refractivity contribution in [1.29, 1.82) is 0 Å². The van der Waals surface area contributed by atoms with Crippen LogP contribution < -0.4 is 10.6 Å². The Kier molecular flexibility index (Phi) is 7.64. The highest BCUT2D eigenvalue weighted by Crippen LogP contribution is 2.17. The number of benzene rings is 1. The van der Waals surface area contributed by atoms with Gasteiger partial charge in [0.05, 0.1) is 0 Å². The summed E-state index contributed by atoms with van der Waals surface area (Å²) >= 11 is 0. The number of carbonyl (C=O) groups is 2. The summed E-state index contributed by atoms with van der Waals surface area (Å²) < 4.78 is 0. The van der Waals surface area contributed by atoms with E-state index in [2.05, 4.69) is 10.6 Å². The topological polar surface area (TPSA) is 58.2 Å². The molecule has 1 saturated carbocycles. The maximum atomic E-state index is 12.0. The Balaban J connectivity index is 1.60. The Hall–Kier alpha value is -1.84.